The van der Waals surface area contributed by atoms with E-state index >= 15 is 0 Å². The maximum atomic E-state index is 14.3. The Hall–Kier alpha value is -1.69. The Bertz CT molecular complexity index is 646. The summed E-state index contributed by atoms with van der Waals surface area (Å²) >= 11 is 0. The molecule has 0 aliphatic heterocycles. The van der Waals surface area contributed by atoms with E-state index in [0.717, 1.165) is 18.4 Å². The molecule has 2 rings (SSSR count). The van der Waals surface area contributed by atoms with E-state index < -0.39 is 30.8 Å². The Kier molecular flexibility index (Phi) is 6.76. The van der Waals surface area contributed by atoms with Crippen molar-refractivity contribution in [1.82, 2.24) is 0 Å². The Balaban J connectivity index is 2.03. The zero-order valence-electron chi connectivity index (χ0n) is 14.0. The fraction of sp³-hybridized carbons (Fsp3) is 0.474. The fourth-order valence-corrected chi connectivity index (χ4v) is 2.86. The first-order valence-corrected chi connectivity index (χ1v) is 8.25. The summed E-state index contributed by atoms with van der Waals surface area (Å²) in [6, 6.07) is 2.85. The van der Waals surface area contributed by atoms with Crippen LogP contribution in [0.3, 0.4) is 0 Å². The molecule has 1 aliphatic rings. The van der Waals surface area contributed by atoms with Gasteiger partial charge in [0.05, 0.1) is 19.6 Å². The molecule has 1 aliphatic carbocycles. The summed E-state index contributed by atoms with van der Waals surface area (Å²) in [4.78, 5) is 0. The number of rotatable bonds is 6. The van der Waals surface area contributed by atoms with Gasteiger partial charge in [0.25, 0.3) is 0 Å². The van der Waals surface area contributed by atoms with E-state index in [0.29, 0.717) is 12.3 Å². The summed E-state index contributed by atoms with van der Waals surface area (Å²) in [5.41, 5.74) is 0.906. The van der Waals surface area contributed by atoms with Crippen LogP contribution >= 0.6 is 0 Å². The van der Waals surface area contributed by atoms with Crippen LogP contribution in [0, 0.1) is 17.6 Å². The van der Waals surface area contributed by atoms with E-state index in [1.165, 1.54) is 12.1 Å². The van der Waals surface area contributed by atoms with Crippen LogP contribution in [0.25, 0.3) is 5.57 Å². The zero-order chi connectivity index (χ0) is 18.4. The van der Waals surface area contributed by atoms with Crippen LogP contribution in [0.2, 0.25) is 0 Å². The Morgan fingerprint density at radius 1 is 1.20 bits per heavy atom. The molecule has 25 heavy (non-hydrogen) atoms. The second-order valence-electron chi connectivity index (χ2n) is 6.11. The summed E-state index contributed by atoms with van der Waals surface area (Å²) in [5.74, 6) is -1.60. The monoisotopic (exact) mass is 360 g/mol. The minimum Gasteiger partial charge on any atom is -0.376 e. The predicted molar refractivity (Wildman–Crippen MR) is 86.8 cm³/mol. The molecule has 138 valence electrons. The highest BCUT2D eigenvalue weighted by Crippen LogP contribution is 2.33. The third-order valence-electron chi connectivity index (χ3n) is 4.21. The molecule has 1 atom stereocenters. The third kappa shape index (κ3) is 5.66. The first-order chi connectivity index (χ1) is 11.8. The second-order valence-corrected chi connectivity index (χ2v) is 6.11. The first kappa shape index (κ1) is 19.6. The lowest BCUT2D eigenvalue weighted by Crippen LogP contribution is -2.12. The van der Waals surface area contributed by atoms with Crippen molar-refractivity contribution < 1.29 is 26.7 Å². The molecule has 0 spiro atoms. The molecule has 0 amide bonds. The summed E-state index contributed by atoms with van der Waals surface area (Å²) < 4.78 is 69.4. The first-order valence-electron chi connectivity index (χ1n) is 8.25. The summed E-state index contributed by atoms with van der Waals surface area (Å²) in [5, 5.41) is 0. The number of hydrogen-bond donors (Lipinski definition) is 0. The lowest BCUT2D eigenvalue weighted by molar-refractivity contribution is -0.146. The lowest BCUT2D eigenvalue weighted by atomic mass is 9.86. The van der Waals surface area contributed by atoms with Gasteiger partial charge in [0.2, 0.25) is 0 Å². The smallest absolute Gasteiger partial charge is 0.376 e. The second kappa shape index (κ2) is 8.61. The van der Waals surface area contributed by atoms with E-state index in [2.05, 4.69) is 6.08 Å². The van der Waals surface area contributed by atoms with Gasteiger partial charge in [-0.05, 0) is 37.7 Å². The van der Waals surface area contributed by atoms with E-state index in [4.69, 9.17) is 4.74 Å². The van der Waals surface area contributed by atoms with Gasteiger partial charge in [-0.25, -0.2) is 8.78 Å². The SMILES string of the molecule is CC=CC1CC=C(c2ccc(COCCC(F)(F)F)c(F)c2F)CC1. The van der Waals surface area contributed by atoms with Crippen molar-refractivity contribution in [3.8, 4) is 0 Å². The van der Waals surface area contributed by atoms with E-state index in [9.17, 15) is 22.0 Å². The van der Waals surface area contributed by atoms with Crippen LogP contribution in [0.15, 0.2) is 30.4 Å². The van der Waals surface area contributed by atoms with Crippen molar-refractivity contribution >= 4 is 5.57 Å². The number of halogens is 5. The maximum absolute atomic E-state index is 14.3. The van der Waals surface area contributed by atoms with Crippen molar-refractivity contribution in [3.05, 3.63) is 53.1 Å². The molecule has 1 unspecified atom stereocenters. The molecule has 1 aromatic carbocycles. The normalized spacial score (nSPS) is 18.6. The molecule has 6 heteroatoms. The average Bonchev–Trinajstić information content (AvgIpc) is 2.56. The van der Waals surface area contributed by atoms with Crippen LogP contribution in [-0.4, -0.2) is 12.8 Å². The van der Waals surface area contributed by atoms with Crippen LogP contribution < -0.4 is 0 Å². The number of hydrogen-bond acceptors (Lipinski definition) is 1. The summed E-state index contributed by atoms with van der Waals surface area (Å²) in [7, 11) is 0. The third-order valence-corrected chi connectivity index (χ3v) is 4.21. The van der Waals surface area contributed by atoms with Gasteiger partial charge < -0.3 is 4.74 Å². The molecule has 0 heterocycles. The zero-order valence-corrected chi connectivity index (χ0v) is 14.0. The van der Waals surface area contributed by atoms with Crippen molar-refractivity contribution in [2.75, 3.05) is 6.61 Å². The van der Waals surface area contributed by atoms with E-state index in [-0.39, 0.29) is 17.7 Å². The highest BCUT2D eigenvalue weighted by Gasteiger charge is 2.26. The van der Waals surface area contributed by atoms with Crippen LogP contribution in [0.4, 0.5) is 22.0 Å². The van der Waals surface area contributed by atoms with Gasteiger partial charge in [-0.2, -0.15) is 13.2 Å². The van der Waals surface area contributed by atoms with Crippen molar-refractivity contribution in [3.63, 3.8) is 0 Å². The molecule has 1 nitrogen and oxygen atoms in total. The van der Waals surface area contributed by atoms with Gasteiger partial charge in [0, 0.05) is 11.1 Å². The van der Waals surface area contributed by atoms with Gasteiger partial charge >= 0.3 is 6.18 Å². The Labute approximate surface area is 144 Å². The topological polar surface area (TPSA) is 9.23 Å². The van der Waals surface area contributed by atoms with E-state index in [1.807, 2.05) is 19.1 Å². The summed E-state index contributed by atoms with van der Waals surface area (Å²) in [6.45, 7) is 0.981. The number of alkyl halides is 3. The largest absolute Gasteiger partial charge is 0.391 e. The Morgan fingerprint density at radius 3 is 2.56 bits per heavy atom. The van der Waals surface area contributed by atoms with E-state index in [1.54, 1.807) is 0 Å². The molecule has 0 fully saturated rings. The van der Waals surface area contributed by atoms with Crippen molar-refractivity contribution in [1.29, 1.82) is 0 Å². The van der Waals surface area contributed by atoms with Crippen molar-refractivity contribution in [2.24, 2.45) is 5.92 Å². The van der Waals surface area contributed by atoms with Gasteiger partial charge in [-0.15, -0.1) is 0 Å². The molecule has 0 N–H and O–H groups in total. The molecular weight excluding hydrogens is 339 g/mol. The number of allylic oxidation sites excluding steroid dienone is 4. The lowest BCUT2D eigenvalue weighted by Gasteiger charge is -2.20. The molecular formula is C19H21F5O. The minimum absolute atomic E-state index is 0.0772. The van der Waals surface area contributed by atoms with Gasteiger partial charge in [0.15, 0.2) is 11.6 Å². The van der Waals surface area contributed by atoms with Gasteiger partial charge in [-0.1, -0.05) is 30.4 Å². The minimum atomic E-state index is -4.33. The number of ether oxygens (including phenoxy) is 1. The predicted octanol–water partition coefficient (Wildman–Crippen LogP) is 6.19. The van der Waals surface area contributed by atoms with Crippen LogP contribution in [-0.2, 0) is 11.3 Å². The van der Waals surface area contributed by atoms with Gasteiger partial charge in [0.1, 0.15) is 0 Å². The maximum Gasteiger partial charge on any atom is 0.391 e. The molecule has 0 aromatic heterocycles. The standard InChI is InChI=1S/C19H21F5O/c1-2-3-13-4-6-14(7-5-13)16-9-8-15(17(20)18(16)21)12-25-11-10-19(22,23)24/h2-3,6,8-9,13H,4-5,7,10-12H2,1H3. The fourth-order valence-electron chi connectivity index (χ4n) is 2.86. The molecule has 0 saturated heterocycles. The highest BCUT2D eigenvalue weighted by molar-refractivity contribution is 5.67. The Morgan fingerprint density at radius 2 is 1.96 bits per heavy atom. The average molecular weight is 360 g/mol. The van der Waals surface area contributed by atoms with Gasteiger partial charge in [-0.3, -0.25) is 0 Å². The quantitative estimate of drug-likeness (QED) is 0.334. The molecule has 0 saturated carbocycles. The number of benzene rings is 1. The van der Waals surface area contributed by atoms with Crippen LogP contribution in [0.5, 0.6) is 0 Å². The highest BCUT2D eigenvalue weighted by atomic mass is 19.4. The molecule has 0 radical (unpaired) electrons. The van der Waals surface area contributed by atoms with Crippen LogP contribution in [0.1, 0.15) is 43.7 Å². The molecule has 1 aromatic rings. The molecule has 0 bridgehead atoms. The summed E-state index contributed by atoms with van der Waals surface area (Å²) in [6.07, 6.45) is 2.88. The van der Waals surface area contributed by atoms with Crippen molar-refractivity contribution in [2.45, 2.75) is 45.4 Å².